The van der Waals surface area contributed by atoms with E-state index in [1.807, 2.05) is 25.1 Å². The summed E-state index contributed by atoms with van der Waals surface area (Å²) in [5.41, 5.74) is 0.887. The molecule has 2 aromatic heterocycles. The Morgan fingerprint density at radius 3 is 2.70 bits per heavy atom. The SMILES string of the molecule is Cc1sc(Br)cc1S(=O)(=O)N(C)CCc1ccccn1. The van der Waals surface area contributed by atoms with Crippen molar-refractivity contribution in [2.24, 2.45) is 0 Å². The summed E-state index contributed by atoms with van der Waals surface area (Å²) >= 11 is 4.75. The van der Waals surface area contributed by atoms with E-state index in [2.05, 4.69) is 20.9 Å². The largest absolute Gasteiger partial charge is 0.261 e. The molecule has 108 valence electrons. The number of nitrogens with zero attached hydrogens (tertiary/aromatic N) is 2. The van der Waals surface area contributed by atoms with Crippen molar-refractivity contribution in [3.63, 3.8) is 0 Å². The number of aryl methyl sites for hydroxylation is 1. The number of hydrogen-bond acceptors (Lipinski definition) is 4. The zero-order chi connectivity index (χ0) is 14.8. The van der Waals surface area contributed by atoms with E-state index >= 15 is 0 Å². The minimum atomic E-state index is -3.43. The monoisotopic (exact) mass is 374 g/mol. The molecule has 0 atom stereocenters. The van der Waals surface area contributed by atoms with Crippen LogP contribution < -0.4 is 0 Å². The first-order valence-electron chi connectivity index (χ1n) is 6.03. The molecular formula is C13H15BrN2O2S2. The van der Waals surface area contributed by atoms with Crippen molar-refractivity contribution in [3.05, 3.63) is 44.8 Å². The molecule has 0 radical (unpaired) electrons. The molecule has 0 bridgehead atoms. The van der Waals surface area contributed by atoms with Crippen LogP contribution in [0.1, 0.15) is 10.6 Å². The maximum Gasteiger partial charge on any atom is 0.243 e. The predicted octanol–water partition coefficient (Wildman–Crippen LogP) is 3.08. The van der Waals surface area contributed by atoms with Gasteiger partial charge >= 0.3 is 0 Å². The molecule has 0 spiro atoms. The number of aromatic nitrogens is 1. The van der Waals surface area contributed by atoms with E-state index in [4.69, 9.17) is 0 Å². The lowest BCUT2D eigenvalue weighted by Gasteiger charge is -2.16. The summed E-state index contributed by atoms with van der Waals surface area (Å²) < 4.78 is 27.2. The molecule has 2 heterocycles. The number of pyridine rings is 1. The van der Waals surface area contributed by atoms with Crippen molar-refractivity contribution in [1.82, 2.24) is 9.29 Å². The van der Waals surface area contributed by atoms with E-state index in [-0.39, 0.29) is 0 Å². The van der Waals surface area contributed by atoms with Crippen LogP contribution in [0.4, 0.5) is 0 Å². The van der Waals surface area contributed by atoms with E-state index < -0.39 is 10.0 Å². The molecule has 0 saturated heterocycles. The third-order valence-corrected chi connectivity index (χ3v) is 6.61. The van der Waals surface area contributed by atoms with E-state index in [1.165, 1.54) is 15.6 Å². The van der Waals surface area contributed by atoms with Gasteiger partial charge in [0.2, 0.25) is 10.0 Å². The predicted molar refractivity (Wildman–Crippen MR) is 84.5 cm³/mol. The third-order valence-electron chi connectivity index (χ3n) is 2.94. The third kappa shape index (κ3) is 3.46. The Bertz CT molecular complexity index is 684. The Hall–Kier alpha value is -0.760. The van der Waals surface area contributed by atoms with Gasteiger partial charge in [-0.1, -0.05) is 6.07 Å². The van der Waals surface area contributed by atoms with E-state index in [9.17, 15) is 8.42 Å². The van der Waals surface area contributed by atoms with Crippen molar-refractivity contribution in [3.8, 4) is 0 Å². The minimum Gasteiger partial charge on any atom is -0.261 e. The van der Waals surface area contributed by atoms with E-state index in [1.54, 1.807) is 19.3 Å². The molecule has 0 N–H and O–H groups in total. The standard InChI is InChI=1S/C13H15BrN2O2S2/c1-10-12(9-13(14)19-10)20(17,18)16(2)8-6-11-5-3-4-7-15-11/h3-5,7,9H,6,8H2,1-2H3. The molecular weight excluding hydrogens is 360 g/mol. The quantitative estimate of drug-likeness (QED) is 0.807. The fourth-order valence-electron chi connectivity index (χ4n) is 1.79. The normalized spacial score (nSPS) is 12.0. The average molecular weight is 375 g/mol. The molecule has 0 aromatic carbocycles. The summed E-state index contributed by atoms with van der Waals surface area (Å²) in [5, 5.41) is 0. The second kappa shape index (κ2) is 6.34. The zero-order valence-corrected chi connectivity index (χ0v) is 14.4. The topological polar surface area (TPSA) is 50.3 Å². The molecule has 0 amide bonds. The minimum absolute atomic E-state index is 0.373. The zero-order valence-electron chi connectivity index (χ0n) is 11.2. The summed E-state index contributed by atoms with van der Waals surface area (Å²) in [6.45, 7) is 2.22. The Labute approximate surface area is 131 Å². The van der Waals surface area contributed by atoms with Crippen LogP contribution >= 0.6 is 27.3 Å². The highest BCUT2D eigenvalue weighted by molar-refractivity contribution is 9.11. The lowest BCUT2D eigenvalue weighted by Crippen LogP contribution is -2.29. The smallest absolute Gasteiger partial charge is 0.243 e. The highest BCUT2D eigenvalue weighted by Crippen LogP contribution is 2.31. The molecule has 0 saturated carbocycles. The van der Waals surface area contributed by atoms with E-state index in [0.717, 1.165) is 14.4 Å². The highest BCUT2D eigenvalue weighted by Gasteiger charge is 2.24. The van der Waals surface area contributed by atoms with Crippen LogP contribution in [0.25, 0.3) is 0 Å². The lowest BCUT2D eigenvalue weighted by atomic mass is 10.3. The van der Waals surface area contributed by atoms with E-state index in [0.29, 0.717) is 17.9 Å². The second-order valence-corrected chi connectivity index (χ2v) is 9.02. The first-order chi connectivity index (χ1) is 9.41. The van der Waals surface area contributed by atoms with Crippen LogP contribution in [0.3, 0.4) is 0 Å². The van der Waals surface area contributed by atoms with Crippen LogP contribution in [0, 0.1) is 6.92 Å². The summed E-state index contributed by atoms with van der Waals surface area (Å²) in [4.78, 5) is 5.37. The average Bonchev–Trinajstić information content (AvgIpc) is 2.77. The highest BCUT2D eigenvalue weighted by atomic mass is 79.9. The van der Waals surface area contributed by atoms with Gasteiger partial charge in [-0.25, -0.2) is 12.7 Å². The van der Waals surface area contributed by atoms with Crippen molar-refractivity contribution in [1.29, 1.82) is 0 Å². The molecule has 2 rings (SSSR count). The van der Waals surface area contributed by atoms with Gasteiger partial charge in [-0.3, -0.25) is 4.98 Å². The van der Waals surface area contributed by atoms with Gasteiger partial charge in [0, 0.05) is 36.8 Å². The first kappa shape index (κ1) is 15.6. The summed E-state index contributed by atoms with van der Waals surface area (Å²) in [6, 6.07) is 7.30. The molecule has 2 aromatic rings. The lowest BCUT2D eigenvalue weighted by molar-refractivity contribution is 0.471. The molecule has 0 aliphatic rings. The van der Waals surface area contributed by atoms with Gasteiger partial charge in [0.1, 0.15) is 0 Å². The Balaban J connectivity index is 2.12. The first-order valence-corrected chi connectivity index (χ1v) is 9.08. The maximum atomic E-state index is 12.5. The van der Waals surface area contributed by atoms with Gasteiger partial charge in [0.25, 0.3) is 0 Å². The summed E-state index contributed by atoms with van der Waals surface area (Å²) in [5.74, 6) is 0. The number of thiophene rings is 1. The molecule has 0 unspecified atom stereocenters. The molecule has 4 nitrogen and oxygen atoms in total. The van der Waals surface area contributed by atoms with Gasteiger partial charge in [-0.15, -0.1) is 11.3 Å². The van der Waals surface area contributed by atoms with Gasteiger partial charge < -0.3 is 0 Å². The van der Waals surface area contributed by atoms with Gasteiger partial charge in [0.15, 0.2) is 0 Å². The number of sulfonamides is 1. The van der Waals surface area contributed by atoms with Crippen molar-refractivity contribution < 1.29 is 8.42 Å². The molecule has 7 heteroatoms. The summed E-state index contributed by atoms with van der Waals surface area (Å²) in [7, 11) is -1.83. The Kier molecular flexibility index (Phi) is 4.95. The summed E-state index contributed by atoms with van der Waals surface area (Å²) in [6.07, 6.45) is 2.31. The number of halogens is 1. The number of rotatable bonds is 5. The van der Waals surface area contributed by atoms with Crippen LogP contribution in [0.15, 0.2) is 39.1 Å². The molecule has 20 heavy (non-hydrogen) atoms. The fourth-order valence-corrected chi connectivity index (χ4v) is 5.34. The second-order valence-electron chi connectivity index (χ2n) is 4.37. The van der Waals surface area contributed by atoms with Crippen LogP contribution in [-0.4, -0.2) is 31.3 Å². The van der Waals surface area contributed by atoms with Crippen LogP contribution in [-0.2, 0) is 16.4 Å². The number of likely N-dealkylation sites (N-methyl/N-ethyl adjacent to an activating group) is 1. The number of hydrogen-bond donors (Lipinski definition) is 0. The van der Waals surface area contributed by atoms with Crippen LogP contribution in [0.2, 0.25) is 0 Å². The van der Waals surface area contributed by atoms with Crippen molar-refractivity contribution >= 4 is 37.3 Å². The van der Waals surface area contributed by atoms with Crippen LogP contribution in [0.5, 0.6) is 0 Å². The van der Waals surface area contributed by atoms with Crippen molar-refractivity contribution in [2.45, 2.75) is 18.2 Å². The molecule has 0 aliphatic heterocycles. The fraction of sp³-hybridized carbons (Fsp3) is 0.308. The van der Waals surface area contributed by atoms with Gasteiger partial charge in [0.05, 0.1) is 8.68 Å². The Morgan fingerprint density at radius 2 is 2.15 bits per heavy atom. The van der Waals surface area contributed by atoms with Gasteiger partial charge in [-0.05, 0) is 41.1 Å². The Morgan fingerprint density at radius 1 is 1.40 bits per heavy atom. The van der Waals surface area contributed by atoms with Crippen molar-refractivity contribution in [2.75, 3.05) is 13.6 Å². The molecule has 0 aliphatic carbocycles. The molecule has 0 fully saturated rings. The van der Waals surface area contributed by atoms with Gasteiger partial charge in [-0.2, -0.15) is 0 Å². The maximum absolute atomic E-state index is 12.5.